The first-order chi connectivity index (χ1) is 11.8. The van der Waals surface area contributed by atoms with Gasteiger partial charge < -0.3 is 10.2 Å². The van der Waals surface area contributed by atoms with Crippen LogP contribution in [-0.4, -0.2) is 18.4 Å². The fourth-order valence-electron chi connectivity index (χ4n) is 2.98. The van der Waals surface area contributed by atoms with E-state index in [1.54, 1.807) is 18.2 Å². The third-order valence-corrected chi connectivity index (χ3v) is 4.02. The molecule has 2 amide bonds. The van der Waals surface area contributed by atoms with Crippen molar-refractivity contribution in [2.75, 3.05) is 11.4 Å². The molecule has 0 spiro atoms. The fourth-order valence-corrected chi connectivity index (χ4v) is 2.98. The molecule has 4 nitrogen and oxygen atoms in total. The van der Waals surface area contributed by atoms with Crippen molar-refractivity contribution in [3.05, 3.63) is 64.5 Å². The Morgan fingerprint density at radius 3 is 2.24 bits per heavy atom. The summed E-state index contributed by atoms with van der Waals surface area (Å²) in [6.45, 7) is 7.24. The Bertz CT molecular complexity index is 779. The minimum absolute atomic E-state index is 0.0864. The third kappa shape index (κ3) is 4.66. The molecule has 2 aromatic rings. The molecule has 2 rings (SSSR count). The predicted molar refractivity (Wildman–Crippen MR) is 96.9 cm³/mol. The van der Waals surface area contributed by atoms with Gasteiger partial charge in [0.25, 0.3) is 0 Å². The van der Waals surface area contributed by atoms with Crippen LogP contribution in [-0.2, 0) is 16.1 Å². The zero-order valence-corrected chi connectivity index (χ0v) is 15.0. The highest BCUT2D eigenvalue weighted by Gasteiger charge is 2.19. The predicted octanol–water partition coefficient (Wildman–Crippen LogP) is 3.42. The van der Waals surface area contributed by atoms with E-state index in [1.807, 2.05) is 32.9 Å². The van der Waals surface area contributed by atoms with E-state index < -0.39 is 0 Å². The maximum Gasteiger partial charge on any atom is 0.240 e. The molecule has 0 unspecified atom stereocenters. The Morgan fingerprint density at radius 2 is 1.68 bits per heavy atom. The van der Waals surface area contributed by atoms with Gasteiger partial charge in [-0.25, -0.2) is 4.39 Å². The van der Waals surface area contributed by atoms with Gasteiger partial charge in [-0.3, -0.25) is 9.59 Å². The molecule has 0 aromatic heterocycles. The molecular formula is C20H23FN2O2. The Morgan fingerprint density at radius 1 is 1.08 bits per heavy atom. The van der Waals surface area contributed by atoms with Gasteiger partial charge in [-0.1, -0.05) is 35.9 Å². The number of amides is 2. The van der Waals surface area contributed by atoms with Crippen LogP contribution in [0, 0.1) is 26.6 Å². The van der Waals surface area contributed by atoms with Crippen LogP contribution in [0.1, 0.15) is 29.2 Å². The van der Waals surface area contributed by atoms with Gasteiger partial charge in [0.15, 0.2) is 0 Å². The summed E-state index contributed by atoms with van der Waals surface area (Å²) >= 11 is 0. The molecule has 0 saturated heterocycles. The number of hydrogen-bond acceptors (Lipinski definition) is 2. The Hall–Kier alpha value is -2.69. The van der Waals surface area contributed by atoms with E-state index in [2.05, 4.69) is 5.32 Å². The standard InChI is InChI=1S/C20H23FN2O2/c1-13-9-14(2)20(15(3)10-13)23(16(4)24)12-19(25)22-11-17-7-5-6-8-18(17)21/h5-10H,11-12H2,1-4H3,(H,22,25). The molecule has 5 heteroatoms. The van der Waals surface area contributed by atoms with Crippen molar-refractivity contribution in [2.24, 2.45) is 0 Å². The topological polar surface area (TPSA) is 49.4 Å². The number of aryl methyl sites for hydroxylation is 3. The number of carbonyl (C=O) groups is 2. The number of halogens is 1. The average Bonchev–Trinajstić information content (AvgIpc) is 2.52. The minimum atomic E-state index is -0.364. The lowest BCUT2D eigenvalue weighted by molar-refractivity contribution is -0.123. The summed E-state index contributed by atoms with van der Waals surface area (Å²) in [6, 6.07) is 10.2. The van der Waals surface area contributed by atoms with Crippen molar-refractivity contribution < 1.29 is 14.0 Å². The van der Waals surface area contributed by atoms with Crippen LogP contribution in [0.4, 0.5) is 10.1 Å². The highest BCUT2D eigenvalue weighted by Crippen LogP contribution is 2.26. The van der Waals surface area contributed by atoms with E-state index >= 15 is 0 Å². The van der Waals surface area contributed by atoms with Crippen LogP contribution in [0.15, 0.2) is 36.4 Å². The third-order valence-electron chi connectivity index (χ3n) is 4.02. The second-order valence-corrected chi connectivity index (χ2v) is 6.22. The van der Waals surface area contributed by atoms with Gasteiger partial charge in [-0.05, 0) is 38.0 Å². The lowest BCUT2D eigenvalue weighted by atomic mass is 10.0. The van der Waals surface area contributed by atoms with Gasteiger partial charge in [0, 0.05) is 19.0 Å². The molecule has 0 heterocycles. The largest absolute Gasteiger partial charge is 0.350 e. The zero-order valence-electron chi connectivity index (χ0n) is 15.0. The van der Waals surface area contributed by atoms with Crippen LogP contribution in [0.2, 0.25) is 0 Å². The highest BCUT2D eigenvalue weighted by atomic mass is 19.1. The first kappa shape index (κ1) is 18.6. The van der Waals surface area contributed by atoms with Crippen LogP contribution in [0.25, 0.3) is 0 Å². The van der Waals surface area contributed by atoms with E-state index in [-0.39, 0.29) is 30.7 Å². The van der Waals surface area contributed by atoms with E-state index in [0.29, 0.717) is 5.56 Å². The number of anilines is 1. The second kappa shape index (κ2) is 7.92. The number of nitrogens with zero attached hydrogens (tertiary/aromatic N) is 1. The summed E-state index contributed by atoms with van der Waals surface area (Å²) in [5.74, 6) is -0.912. The van der Waals surface area contributed by atoms with Crippen molar-refractivity contribution >= 4 is 17.5 Å². The number of nitrogens with one attached hydrogen (secondary N) is 1. The molecule has 0 saturated carbocycles. The summed E-state index contributed by atoms with van der Waals surface area (Å²) in [5.41, 5.74) is 4.14. The lowest BCUT2D eigenvalue weighted by Crippen LogP contribution is -2.40. The maximum atomic E-state index is 13.6. The lowest BCUT2D eigenvalue weighted by Gasteiger charge is -2.25. The van der Waals surface area contributed by atoms with Crippen LogP contribution < -0.4 is 10.2 Å². The summed E-state index contributed by atoms with van der Waals surface area (Å²) in [5, 5.41) is 2.67. The molecule has 0 atom stereocenters. The van der Waals surface area contributed by atoms with Crippen LogP contribution in [0.5, 0.6) is 0 Å². The average molecular weight is 342 g/mol. The van der Waals surface area contributed by atoms with Crippen LogP contribution in [0.3, 0.4) is 0 Å². The van der Waals surface area contributed by atoms with E-state index in [0.717, 1.165) is 22.4 Å². The van der Waals surface area contributed by atoms with Crippen LogP contribution >= 0.6 is 0 Å². The van der Waals surface area contributed by atoms with Crippen molar-refractivity contribution in [1.82, 2.24) is 5.32 Å². The summed E-state index contributed by atoms with van der Waals surface area (Å²) < 4.78 is 13.6. The normalized spacial score (nSPS) is 10.4. The fraction of sp³-hybridized carbons (Fsp3) is 0.300. The van der Waals surface area contributed by atoms with Crippen molar-refractivity contribution in [3.8, 4) is 0 Å². The molecule has 0 fully saturated rings. The monoisotopic (exact) mass is 342 g/mol. The number of rotatable bonds is 5. The number of benzene rings is 2. The van der Waals surface area contributed by atoms with Crippen molar-refractivity contribution in [1.29, 1.82) is 0 Å². The molecule has 0 aliphatic rings. The summed E-state index contributed by atoms with van der Waals surface area (Å²) in [4.78, 5) is 25.8. The van der Waals surface area contributed by atoms with Gasteiger partial charge >= 0.3 is 0 Å². The van der Waals surface area contributed by atoms with E-state index in [1.165, 1.54) is 17.9 Å². The first-order valence-corrected chi connectivity index (χ1v) is 8.15. The Balaban J connectivity index is 2.13. The highest BCUT2D eigenvalue weighted by molar-refractivity contribution is 5.98. The zero-order chi connectivity index (χ0) is 18.6. The van der Waals surface area contributed by atoms with Gasteiger partial charge in [0.2, 0.25) is 11.8 Å². The summed E-state index contributed by atoms with van der Waals surface area (Å²) in [7, 11) is 0. The second-order valence-electron chi connectivity index (χ2n) is 6.22. The van der Waals surface area contributed by atoms with E-state index in [4.69, 9.17) is 0 Å². The number of hydrogen-bond donors (Lipinski definition) is 1. The molecule has 0 radical (unpaired) electrons. The molecule has 0 aliphatic carbocycles. The Kier molecular flexibility index (Phi) is 5.91. The molecule has 132 valence electrons. The molecule has 25 heavy (non-hydrogen) atoms. The molecular weight excluding hydrogens is 319 g/mol. The van der Waals surface area contributed by atoms with E-state index in [9.17, 15) is 14.0 Å². The summed E-state index contributed by atoms with van der Waals surface area (Å²) in [6.07, 6.45) is 0. The SMILES string of the molecule is CC(=O)N(CC(=O)NCc1ccccc1F)c1c(C)cc(C)cc1C. The quantitative estimate of drug-likeness (QED) is 0.905. The Labute approximate surface area is 147 Å². The smallest absolute Gasteiger partial charge is 0.240 e. The van der Waals surface area contributed by atoms with Crippen molar-refractivity contribution in [3.63, 3.8) is 0 Å². The minimum Gasteiger partial charge on any atom is -0.350 e. The number of carbonyl (C=O) groups excluding carboxylic acids is 2. The first-order valence-electron chi connectivity index (χ1n) is 8.15. The maximum absolute atomic E-state index is 13.6. The van der Waals surface area contributed by atoms with Crippen molar-refractivity contribution in [2.45, 2.75) is 34.2 Å². The van der Waals surface area contributed by atoms with Gasteiger partial charge in [0.1, 0.15) is 12.4 Å². The van der Waals surface area contributed by atoms with Gasteiger partial charge in [-0.2, -0.15) is 0 Å². The molecule has 1 N–H and O–H groups in total. The molecule has 0 bridgehead atoms. The van der Waals surface area contributed by atoms with Gasteiger partial charge in [-0.15, -0.1) is 0 Å². The van der Waals surface area contributed by atoms with Gasteiger partial charge in [0.05, 0.1) is 5.69 Å². The molecule has 0 aliphatic heterocycles. The molecule has 2 aromatic carbocycles.